The maximum atomic E-state index is 11.0. The highest BCUT2D eigenvalue weighted by molar-refractivity contribution is 7.21. The van der Waals surface area contributed by atoms with Crippen LogP contribution < -0.4 is 10.6 Å². The number of fused-ring (bicyclic) bond motifs is 1. The van der Waals surface area contributed by atoms with E-state index in [1.54, 1.807) is 31.4 Å². The van der Waals surface area contributed by atoms with Crippen molar-refractivity contribution >= 4 is 33.3 Å². The number of aliphatic hydroxyl groups excluding tert-OH is 2. The summed E-state index contributed by atoms with van der Waals surface area (Å²) in [5.74, 6) is 0.553. The predicted octanol–water partition coefficient (Wildman–Crippen LogP) is 3.96. The van der Waals surface area contributed by atoms with Crippen LogP contribution >= 0.6 is 11.3 Å². The molecule has 0 bridgehead atoms. The van der Waals surface area contributed by atoms with Crippen LogP contribution in [0.4, 0.5) is 11.8 Å². The number of pyridine rings is 1. The molecule has 6 rings (SSSR count). The van der Waals surface area contributed by atoms with E-state index in [4.69, 9.17) is 19.7 Å². The molecule has 5 atom stereocenters. The topological polar surface area (TPSA) is 146 Å². The van der Waals surface area contributed by atoms with Gasteiger partial charge in [0.05, 0.1) is 57.6 Å². The third kappa shape index (κ3) is 5.18. The number of ether oxygens (including phenoxy) is 1. The number of hydrogen-bond acceptors (Lipinski definition) is 11. The molecule has 1 aliphatic heterocycles. The molecule has 11 heteroatoms. The summed E-state index contributed by atoms with van der Waals surface area (Å²) in [7, 11) is 0. The van der Waals surface area contributed by atoms with Crippen LogP contribution in [0.3, 0.4) is 0 Å². The maximum Gasteiger partial charge on any atom is 0.225 e. The highest BCUT2D eigenvalue weighted by atomic mass is 32.1. The summed E-state index contributed by atoms with van der Waals surface area (Å²) in [4.78, 5) is 19.1. The third-order valence-corrected chi connectivity index (χ3v) is 10.1. The molecular formula is C29H40N6O4S. The van der Waals surface area contributed by atoms with Crippen molar-refractivity contribution in [3.8, 4) is 10.6 Å². The number of hydrogen-bond donors (Lipinski definition) is 5. The van der Waals surface area contributed by atoms with E-state index >= 15 is 0 Å². The van der Waals surface area contributed by atoms with Gasteiger partial charge in [-0.2, -0.15) is 4.98 Å². The van der Waals surface area contributed by atoms with Gasteiger partial charge in [0.25, 0.3) is 0 Å². The molecule has 40 heavy (non-hydrogen) atoms. The van der Waals surface area contributed by atoms with E-state index in [0.717, 1.165) is 51.4 Å². The van der Waals surface area contributed by atoms with Crippen molar-refractivity contribution in [2.75, 3.05) is 17.2 Å². The molecule has 3 fully saturated rings. The molecule has 10 nitrogen and oxygen atoms in total. The first-order chi connectivity index (χ1) is 19.0. The Hall–Kier alpha value is -2.44. The standard InChI is InChI=1S/C29H40N6O4S/c1-15-21(26-34-22-16(2)30-11-8-20(22)40-26)25(33-19-12-18(28(3,4)38)23(36)24(19)37)35-27(31-15)32-17-13-29(39-14-17)9-6-5-7-10-29/h8,11,17-19,23-24,36-38H,5-7,9-10,12-14H2,1-4H3,(H2,31,32,33,35)/t17?,18-,19+,23+,24-/m0/s1. The summed E-state index contributed by atoms with van der Waals surface area (Å²) in [6, 6.07) is 1.56. The quantitative estimate of drug-likeness (QED) is 0.296. The first-order valence-corrected chi connectivity index (χ1v) is 15.2. The predicted molar refractivity (Wildman–Crippen MR) is 156 cm³/mol. The van der Waals surface area contributed by atoms with Crippen LogP contribution in [0.5, 0.6) is 0 Å². The van der Waals surface area contributed by atoms with Gasteiger partial charge in [-0.3, -0.25) is 4.98 Å². The summed E-state index contributed by atoms with van der Waals surface area (Å²) in [5, 5.41) is 40.0. The maximum absolute atomic E-state index is 11.0. The van der Waals surface area contributed by atoms with Crippen LogP contribution in [0.2, 0.25) is 0 Å². The van der Waals surface area contributed by atoms with E-state index in [-0.39, 0.29) is 11.6 Å². The van der Waals surface area contributed by atoms with Crippen molar-refractivity contribution in [2.24, 2.45) is 5.92 Å². The van der Waals surface area contributed by atoms with Gasteiger partial charge in [-0.25, -0.2) is 9.97 Å². The average Bonchev–Trinajstić information content (AvgIpc) is 3.57. The zero-order chi connectivity index (χ0) is 28.2. The summed E-state index contributed by atoms with van der Waals surface area (Å²) in [6.45, 7) is 7.84. The SMILES string of the molecule is Cc1nc(NC2COC3(CCCCC3)C2)nc(N[C@@H]2C[C@H](C(C)(C)O)[C@@H](O)[C@H]2O)c1-c1nc2c(C)nccc2s1. The second kappa shape index (κ2) is 10.4. The van der Waals surface area contributed by atoms with Gasteiger partial charge in [-0.1, -0.05) is 19.3 Å². The Morgan fingerprint density at radius 1 is 1.02 bits per heavy atom. The number of thiazole rings is 1. The number of anilines is 2. The number of aryl methyl sites for hydroxylation is 2. The number of nitrogens with one attached hydrogen (secondary N) is 2. The Morgan fingerprint density at radius 2 is 1.80 bits per heavy atom. The number of nitrogens with zero attached hydrogens (tertiary/aromatic N) is 4. The molecule has 3 aromatic rings. The molecule has 1 spiro atoms. The number of aliphatic hydroxyl groups is 3. The largest absolute Gasteiger partial charge is 0.390 e. The van der Waals surface area contributed by atoms with Crippen LogP contribution in [-0.2, 0) is 4.74 Å². The van der Waals surface area contributed by atoms with E-state index < -0.39 is 29.8 Å². The molecule has 5 N–H and O–H groups in total. The fourth-order valence-corrected chi connectivity index (χ4v) is 7.92. The van der Waals surface area contributed by atoms with Gasteiger partial charge in [0.1, 0.15) is 22.4 Å². The minimum absolute atomic E-state index is 0.0327. The second-order valence-corrected chi connectivity index (χ2v) is 13.5. The van der Waals surface area contributed by atoms with Crippen LogP contribution in [0.1, 0.15) is 70.2 Å². The van der Waals surface area contributed by atoms with E-state index in [1.165, 1.54) is 19.3 Å². The monoisotopic (exact) mass is 568 g/mol. The van der Waals surface area contributed by atoms with E-state index in [2.05, 4.69) is 15.6 Å². The van der Waals surface area contributed by atoms with Gasteiger partial charge in [0.2, 0.25) is 5.95 Å². The first kappa shape index (κ1) is 27.7. The normalized spacial score (nSPS) is 28.4. The molecular weight excluding hydrogens is 528 g/mol. The molecule has 3 aromatic heterocycles. The summed E-state index contributed by atoms with van der Waals surface area (Å²) in [5.41, 5.74) is 2.04. The van der Waals surface area contributed by atoms with Crippen LogP contribution in [0.15, 0.2) is 12.3 Å². The minimum Gasteiger partial charge on any atom is -0.390 e. The molecule has 1 saturated heterocycles. The Balaban J connectivity index is 1.34. The van der Waals surface area contributed by atoms with Crippen molar-refractivity contribution in [3.63, 3.8) is 0 Å². The van der Waals surface area contributed by atoms with Gasteiger partial charge >= 0.3 is 0 Å². The van der Waals surface area contributed by atoms with Gasteiger partial charge < -0.3 is 30.7 Å². The second-order valence-electron chi connectivity index (χ2n) is 12.4. The van der Waals surface area contributed by atoms with E-state index in [9.17, 15) is 15.3 Å². The molecule has 0 amide bonds. The Kier molecular flexibility index (Phi) is 7.23. The third-order valence-electron chi connectivity index (χ3n) is 9.01. The van der Waals surface area contributed by atoms with Crippen molar-refractivity contribution < 1.29 is 20.1 Å². The van der Waals surface area contributed by atoms with Crippen molar-refractivity contribution in [1.82, 2.24) is 19.9 Å². The lowest BCUT2D eigenvalue weighted by Gasteiger charge is -2.32. The van der Waals surface area contributed by atoms with Crippen LogP contribution in [0, 0.1) is 19.8 Å². The molecule has 3 aliphatic rings. The molecule has 216 valence electrons. The van der Waals surface area contributed by atoms with Crippen LogP contribution in [0.25, 0.3) is 20.8 Å². The minimum atomic E-state index is -1.14. The lowest BCUT2D eigenvalue weighted by molar-refractivity contribution is -0.0601. The zero-order valence-corrected chi connectivity index (χ0v) is 24.5. The summed E-state index contributed by atoms with van der Waals surface area (Å²) < 4.78 is 7.33. The van der Waals surface area contributed by atoms with Crippen molar-refractivity contribution in [3.05, 3.63) is 23.7 Å². The highest BCUT2D eigenvalue weighted by Gasteiger charge is 2.48. The molecule has 2 aliphatic carbocycles. The highest BCUT2D eigenvalue weighted by Crippen LogP contribution is 2.42. The average molecular weight is 569 g/mol. The Labute approximate surface area is 238 Å². The Bertz CT molecular complexity index is 1380. The van der Waals surface area contributed by atoms with Crippen molar-refractivity contribution in [2.45, 2.75) is 108 Å². The lowest BCUT2D eigenvalue weighted by atomic mass is 9.82. The van der Waals surface area contributed by atoms with Gasteiger partial charge in [0.15, 0.2) is 0 Å². The molecule has 2 saturated carbocycles. The fourth-order valence-electron chi connectivity index (χ4n) is 6.81. The van der Waals surface area contributed by atoms with Gasteiger partial charge in [-0.15, -0.1) is 11.3 Å². The molecule has 0 aromatic carbocycles. The Morgan fingerprint density at radius 3 is 2.50 bits per heavy atom. The van der Waals surface area contributed by atoms with Gasteiger partial charge in [-0.05, 0) is 59.4 Å². The van der Waals surface area contributed by atoms with Gasteiger partial charge in [0, 0.05) is 12.1 Å². The molecule has 4 heterocycles. The summed E-state index contributed by atoms with van der Waals surface area (Å²) in [6.07, 6.45) is 6.90. The van der Waals surface area contributed by atoms with E-state index in [0.29, 0.717) is 24.8 Å². The fraction of sp³-hybridized carbons (Fsp3) is 0.655. The van der Waals surface area contributed by atoms with Crippen molar-refractivity contribution in [1.29, 1.82) is 0 Å². The molecule has 0 radical (unpaired) electrons. The zero-order valence-electron chi connectivity index (χ0n) is 23.6. The first-order valence-electron chi connectivity index (χ1n) is 14.4. The number of aromatic nitrogens is 4. The van der Waals surface area contributed by atoms with E-state index in [1.807, 2.05) is 19.9 Å². The molecule has 1 unspecified atom stereocenters. The smallest absolute Gasteiger partial charge is 0.225 e. The number of rotatable bonds is 6. The van der Waals surface area contributed by atoms with Crippen LogP contribution in [-0.4, -0.2) is 77.4 Å². The lowest BCUT2D eigenvalue weighted by Crippen LogP contribution is -2.40. The summed E-state index contributed by atoms with van der Waals surface area (Å²) >= 11 is 1.55.